The molecule has 0 saturated heterocycles. The minimum absolute atomic E-state index is 0.0239. The molecule has 120 valence electrons. The van der Waals surface area contributed by atoms with Crippen LogP contribution in [0.25, 0.3) is 0 Å². The van der Waals surface area contributed by atoms with E-state index in [1.54, 1.807) is 0 Å². The standard InChI is InChI=1S/C20H24N2S/c1-15-10-11-18(16(2)14-15)21-19(23)22-20(12-6-7-13-20)17-8-4-3-5-9-17/h3-5,8-11,14H,6-7,12-13H2,1-2H3,(H2,21,22,23). The first-order chi connectivity index (χ1) is 11.1. The molecule has 1 aliphatic rings. The zero-order valence-corrected chi connectivity index (χ0v) is 14.7. The second-order valence-corrected chi connectivity index (χ2v) is 6.96. The maximum atomic E-state index is 5.61. The molecule has 0 atom stereocenters. The Labute approximate surface area is 144 Å². The van der Waals surface area contributed by atoms with Crippen molar-refractivity contribution < 1.29 is 0 Å². The zero-order chi connectivity index (χ0) is 16.3. The fourth-order valence-electron chi connectivity index (χ4n) is 3.55. The van der Waals surface area contributed by atoms with Gasteiger partial charge in [-0.3, -0.25) is 0 Å². The molecular formula is C20H24N2S. The van der Waals surface area contributed by atoms with Crippen LogP contribution in [0.3, 0.4) is 0 Å². The van der Waals surface area contributed by atoms with Gasteiger partial charge in [-0.2, -0.15) is 0 Å². The highest BCUT2D eigenvalue weighted by molar-refractivity contribution is 7.80. The van der Waals surface area contributed by atoms with Crippen LogP contribution in [-0.2, 0) is 5.54 Å². The predicted octanol–water partition coefficient (Wildman–Crippen LogP) is 5.06. The Morgan fingerprint density at radius 3 is 2.35 bits per heavy atom. The molecule has 1 fully saturated rings. The van der Waals surface area contributed by atoms with Crippen LogP contribution in [0.15, 0.2) is 48.5 Å². The highest BCUT2D eigenvalue weighted by Gasteiger charge is 2.36. The van der Waals surface area contributed by atoms with Crippen LogP contribution in [0.2, 0.25) is 0 Å². The van der Waals surface area contributed by atoms with E-state index in [4.69, 9.17) is 12.2 Å². The summed E-state index contributed by atoms with van der Waals surface area (Å²) >= 11 is 5.61. The highest BCUT2D eigenvalue weighted by atomic mass is 32.1. The summed E-state index contributed by atoms with van der Waals surface area (Å²) in [6.45, 7) is 4.22. The summed E-state index contributed by atoms with van der Waals surface area (Å²) in [4.78, 5) is 0. The van der Waals surface area contributed by atoms with E-state index in [0.717, 1.165) is 18.5 Å². The van der Waals surface area contributed by atoms with E-state index in [1.807, 2.05) is 0 Å². The molecule has 2 aromatic rings. The van der Waals surface area contributed by atoms with Gasteiger partial charge in [0.05, 0.1) is 5.54 Å². The van der Waals surface area contributed by atoms with Crippen LogP contribution >= 0.6 is 12.2 Å². The van der Waals surface area contributed by atoms with Gasteiger partial charge in [0, 0.05) is 5.69 Å². The fourth-order valence-corrected chi connectivity index (χ4v) is 3.85. The zero-order valence-electron chi connectivity index (χ0n) is 13.9. The van der Waals surface area contributed by atoms with Gasteiger partial charge in [0.2, 0.25) is 0 Å². The van der Waals surface area contributed by atoms with Gasteiger partial charge in [-0.15, -0.1) is 0 Å². The van der Waals surface area contributed by atoms with Crippen molar-refractivity contribution in [2.75, 3.05) is 5.32 Å². The highest BCUT2D eigenvalue weighted by Crippen LogP contribution is 2.38. The average Bonchev–Trinajstić information content (AvgIpc) is 3.01. The molecular weight excluding hydrogens is 300 g/mol. The maximum absolute atomic E-state index is 5.61. The van der Waals surface area contributed by atoms with Crippen molar-refractivity contribution >= 4 is 23.0 Å². The minimum atomic E-state index is -0.0239. The Bertz CT molecular complexity index is 688. The molecule has 1 saturated carbocycles. The molecule has 0 spiro atoms. The second-order valence-electron chi connectivity index (χ2n) is 6.55. The van der Waals surface area contributed by atoms with E-state index in [-0.39, 0.29) is 5.54 Å². The minimum Gasteiger partial charge on any atom is -0.353 e. The quantitative estimate of drug-likeness (QED) is 0.772. The average molecular weight is 324 g/mol. The van der Waals surface area contributed by atoms with E-state index < -0.39 is 0 Å². The van der Waals surface area contributed by atoms with Crippen molar-refractivity contribution in [1.29, 1.82) is 0 Å². The Balaban J connectivity index is 1.77. The lowest BCUT2D eigenvalue weighted by Gasteiger charge is -2.32. The lowest BCUT2D eigenvalue weighted by atomic mass is 9.88. The number of rotatable bonds is 3. The largest absolute Gasteiger partial charge is 0.353 e. The number of thiocarbonyl (C=S) groups is 1. The normalized spacial score (nSPS) is 16.1. The van der Waals surface area contributed by atoms with Crippen LogP contribution < -0.4 is 10.6 Å². The molecule has 2 nitrogen and oxygen atoms in total. The van der Waals surface area contributed by atoms with Crippen LogP contribution in [0, 0.1) is 13.8 Å². The summed E-state index contributed by atoms with van der Waals surface area (Å²) in [6, 6.07) is 17.1. The molecule has 0 aliphatic heterocycles. The second kappa shape index (κ2) is 6.71. The SMILES string of the molecule is Cc1ccc(NC(=S)NC2(c3ccccc3)CCCC2)c(C)c1. The summed E-state index contributed by atoms with van der Waals surface area (Å²) < 4.78 is 0. The number of nitrogens with one attached hydrogen (secondary N) is 2. The van der Waals surface area contributed by atoms with Crippen molar-refractivity contribution in [3.8, 4) is 0 Å². The van der Waals surface area contributed by atoms with Crippen LogP contribution in [0.4, 0.5) is 5.69 Å². The smallest absolute Gasteiger partial charge is 0.171 e. The van der Waals surface area contributed by atoms with Gasteiger partial charge in [0.1, 0.15) is 0 Å². The first-order valence-electron chi connectivity index (χ1n) is 8.31. The molecule has 0 aromatic heterocycles. The first kappa shape index (κ1) is 16.0. The van der Waals surface area contributed by atoms with E-state index >= 15 is 0 Å². The maximum Gasteiger partial charge on any atom is 0.171 e. The number of benzene rings is 2. The van der Waals surface area contributed by atoms with Gasteiger partial charge in [-0.1, -0.05) is 60.9 Å². The summed E-state index contributed by atoms with van der Waals surface area (Å²) in [5, 5.41) is 7.71. The van der Waals surface area contributed by atoms with Crippen LogP contribution in [-0.4, -0.2) is 5.11 Å². The topological polar surface area (TPSA) is 24.1 Å². The molecule has 0 heterocycles. The Morgan fingerprint density at radius 2 is 1.70 bits per heavy atom. The number of hydrogen-bond donors (Lipinski definition) is 2. The van der Waals surface area contributed by atoms with E-state index in [2.05, 4.69) is 73.0 Å². The molecule has 23 heavy (non-hydrogen) atoms. The van der Waals surface area contributed by atoms with Crippen molar-refractivity contribution in [3.05, 3.63) is 65.2 Å². The first-order valence-corrected chi connectivity index (χ1v) is 8.72. The van der Waals surface area contributed by atoms with Gasteiger partial charge in [0.25, 0.3) is 0 Å². The lowest BCUT2D eigenvalue weighted by molar-refractivity contribution is 0.408. The molecule has 0 unspecified atom stereocenters. The van der Waals surface area contributed by atoms with Gasteiger partial charge in [-0.25, -0.2) is 0 Å². The molecule has 0 bridgehead atoms. The van der Waals surface area contributed by atoms with Gasteiger partial charge in [0.15, 0.2) is 5.11 Å². The monoisotopic (exact) mass is 324 g/mol. The Morgan fingerprint density at radius 1 is 1.00 bits per heavy atom. The molecule has 2 N–H and O–H groups in total. The van der Waals surface area contributed by atoms with E-state index in [9.17, 15) is 0 Å². The number of aryl methyl sites for hydroxylation is 2. The summed E-state index contributed by atoms with van der Waals surface area (Å²) in [7, 11) is 0. The number of hydrogen-bond acceptors (Lipinski definition) is 1. The van der Waals surface area contributed by atoms with Crippen molar-refractivity contribution in [2.45, 2.75) is 45.1 Å². The molecule has 3 heteroatoms. The molecule has 2 aromatic carbocycles. The third kappa shape index (κ3) is 3.56. The van der Waals surface area contributed by atoms with Crippen LogP contribution in [0.5, 0.6) is 0 Å². The summed E-state index contributed by atoms with van der Waals surface area (Å²) in [5.41, 5.74) is 4.87. The van der Waals surface area contributed by atoms with Crippen molar-refractivity contribution in [3.63, 3.8) is 0 Å². The van der Waals surface area contributed by atoms with Crippen molar-refractivity contribution in [2.24, 2.45) is 0 Å². The third-order valence-electron chi connectivity index (χ3n) is 4.77. The fraction of sp³-hybridized carbons (Fsp3) is 0.350. The Kier molecular flexibility index (Phi) is 4.67. The molecule has 0 radical (unpaired) electrons. The van der Waals surface area contributed by atoms with Gasteiger partial charge < -0.3 is 10.6 Å². The molecule has 0 amide bonds. The lowest BCUT2D eigenvalue weighted by Crippen LogP contribution is -2.45. The predicted molar refractivity (Wildman–Crippen MR) is 102 cm³/mol. The van der Waals surface area contributed by atoms with E-state index in [1.165, 1.54) is 29.5 Å². The summed E-state index contributed by atoms with van der Waals surface area (Å²) in [6.07, 6.45) is 4.75. The summed E-state index contributed by atoms with van der Waals surface area (Å²) in [5.74, 6) is 0. The van der Waals surface area contributed by atoms with E-state index in [0.29, 0.717) is 5.11 Å². The van der Waals surface area contributed by atoms with Gasteiger partial charge >= 0.3 is 0 Å². The van der Waals surface area contributed by atoms with Crippen LogP contribution in [0.1, 0.15) is 42.4 Å². The van der Waals surface area contributed by atoms with Gasteiger partial charge in [-0.05, 0) is 56.1 Å². The Hall–Kier alpha value is -1.87. The third-order valence-corrected chi connectivity index (χ3v) is 4.97. The molecule has 3 rings (SSSR count). The molecule has 1 aliphatic carbocycles. The number of anilines is 1. The van der Waals surface area contributed by atoms with Crippen molar-refractivity contribution in [1.82, 2.24) is 5.32 Å².